The number of hydrogen-bond acceptors (Lipinski definition) is 3. The average molecular weight is 689 g/mol. The largest absolute Gasteiger partial charge is 0.362 e. The number of benzene rings is 2. The molecule has 0 saturated carbocycles. The second kappa shape index (κ2) is 16.2. The molecule has 2 aromatic heterocycles. The maximum Gasteiger partial charge on any atom is 0.107 e. The number of nitrogens with zero attached hydrogens (tertiary/aromatic N) is 5. The molecule has 0 spiro atoms. The molecule has 7 nitrogen and oxygen atoms in total. The highest BCUT2D eigenvalue weighted by Crippen LogP contribution is 2.29. The molecule has 2 aromatic carbocycles. The molecule has 0 radical (unpaired) electrons. The summed E-state index contributed by atoms with van der Waals surface area (Å²) in [7, 11) is -3.03. The summed E-state index contributed by atoms with van der Waals surface area (Å²) in [6, 6.07) is 23.7. The first-order chi connectivity index (χ1) is 21.3. The number of fused-ring (bicyclic) bond motifs is 2. The van der Waals surface area contributed by atoms with Gasteiger partial charge in [-0.1, -0.05) is 98.9 Å². The van der Waals surface area contributed by atoms with Gasteiger partial charge < -0.3 is 9.97 Å². The third-order valence-corrected chi connectivity index (χ3v) is 21.6. The van der Waals surface area contributed by atoms with Crippen LogP contribution in [0.2, 0.25) is 36.3 Å². The van der Waals surface area contributed by atoms with Gasteiger partial charge in [0.25, 0.3) is 0 Å². The number of azide groups is 1. The number of halogens is 1. The Kier molecular flexibility index (Phi) is 12.9. The first-order valence-electron chi connectivity index (χ1n) is 16.0. The van der Waals surface area contributed by atoms with Crippen LogP contribution in [0, 0.1) is 22.7 Å². The van der Waals surface area contributed by atoms with E-state index in [0.29, 0.717) is 12.1 Å². The first kappa shape index (κ1) is 35.2. The summed E-state index contributed by atoms with van der Waals surface area (Å²) in [5.74, 6) is 0. The second-order valence-electron chi connectivity index (χ2n) is 11.5. The number of aromatic amines is 2. The maximum atomic E-state index is 9.19. The van der Waals surface area contributed by atoms with Crippen molar-refractivity contribution in [1.82, 2.24) is 9.97 Å². The molecule has 0 atom stereocenters. The molecule has 0 amide bonds. The van der Waals surface area contributed by atoms with Crippen LogP contribution >= 0.6 is 15.9 Å². The number of nitrogens with one attached hydrogen (secondary N) is 2. The molecule has 2 heterocycles. The molecule has 4 rings (SSSR count). The number of nitriles is 2. The smallest absolute Gasteiger partial charge is 0.107 e. The predicted octanol–water partition coefficient (Wildman–Crippen LogP) is 9.30. The normalized spacial score (nSPS) is 11.5. The van der Waals surface area contributed by atoms with Gasteiger partial charge in [0.1, 0.15) is 16.1 Å². The molecule has 4 aromatic rings. The fourth-order valence-electron chi connectivity index (χ4n) is 6.92. The number of aryl methyl sites for hydroxylation is 1. The molecule has 232 valence electrons. The number of rotatable bonds is 13. The fourth-order valence-corrected chi connectivity index (χ4v) is 15.0. The minimum absolute atomic E-state index is 0.453. The predicted molar refractivity (Wildman–Crippen MR) is 195 cm³/mol. The first-order valence-corrected chi connectivity index (χ1v) is 22.3. The van der Waals surface area contributed by atoms with Gasteiger partial charge in [-0.25, -0.2) is 0 Å². The van der Waals surface area contributed by atoms with Crippen LogP contribution in [0.15, 0.2) is 41.5 Å². The molecule has 2 N–H and O–H groups in total. The van der Waals surface area contributed by atoms with Gasteiger partial charge >= 0.3 is 0 Å². The minimum Gasteiger partial charge on any atom is -0.362 e. The monoisotopic (exact) mass is 687 g/mol. The van der Waals surface area contributed by atoms with Crippen molar-refractivity contribution in [3.8, 4) is 12.1 Å². The summed E-state index contributed by atoms with van der Waals surface area (Å²) in [6.45, 7) is 14.3. The average Bonchev–Trinajstić information content (AvgIpc) is 3.62. The molecule has 0 fully saturated rings. The zero-order chi connectivity index (χ0) is 32.3. The molecule has 0 aliphatic heterocycles. The zero-order valence-electron chi connectivity index (χ0n) is 27.1. The van der Waals surface area contributed by atoms with E-state index in [1.165, 1.54) is 68.9 Å². The lowest BCUT2D eigenvalue weighted by Gasteiger charge is -2.28. The van der Waals surface area contributed by atoms with E-state index in [1.807, 2.05) is 30.3 Å². The van der Waals surface area contributed by atoms with E-state index in [4.69, 9.17) is 10.8 Å². The zero-order valence-corrected chi connectivity index (χ0v) is 30.7. The number of H-pyrrole nitrogens is 2. The third-order valence-electron chi connectivity index (χ3n) is 10.1. The van der Waals surface area contributed by atoms with Gasteiger partial charge in [0.15, 0.2) is 0 Å². The van der Waals surface area contributed by atoms with E-state index in [0.717, 1.165) is 34.6 Å². The van der Waals surface area contributed by atoms with E-state index in [1.54, 1.807) is 0 Å². The lowest BCUT2D eigenvalue weighted by Crippen LogP contribution is -2.48. The van der Waals surface area contributed by atoms with E-state index in [2.05, 4.69) is 95.7 Å². The highest BCUT2D eigenvalue weighted by atomic mass is 79.9. The van der Waals surface area contributed by atoms with Gasteiger partial charge in [-0.3, -0.25) is 0 Å². The lowest BCUT2D eigenvalue weighted by atomic mass is 10.1. The molecular weight excluding hydrogens is 642 g/mol. The van der Waals surface area contributed by atoms with Crippen molar-refractivity contribution >= 4 is 64.5 Å². The molecular formula is C34H46BrN7Si2. The molecule has 0 saturated heterocycles. The summed E-state index contributed by atoms with van der Waals surface area (Å²) in [4.78, 5) is 10.3. The van der Waals surface area contributed by atoms with Crippen LogP contribution in [0.25, 0.3) is 32.2 Å². The second-order valence-corrected chi connectivity index (χ2v) is 22.7. The van der Waals surface area contributed by atoms with Crippen molar-refractivity contribution in [2.24, 2.45) is 5.11 Å². The van der Waals surface area contributed by atoms with Gasteiger partial charge in [0, 0.05) is 49.2 Å². The van der Waals surface area contributed by atoms with Crippen molar-refractivity contribution in [1.29, 1.82) is 10.5 Å². The third kappa shape index (κ3) is 7.00. The summed E-state index contributed by atoms with van der Waals surface area (Å²) >= 11 is 3.60. The quantitative estimate of drug-likeness (QED) is 0.0477. The van der Waals surface area contributed by atoms with Crippen molar-refractivity contribution < 1.29 is 0 Å². The van der Waals surface area contributed by atoms with E-state index >= 15 is 0 Å². The highest BCUT2D eigenvalue weighted by Gasteiger charge is 2.35. The van der Waals surface area contributed by atoms with E-state index in [-0.39, 0.29) is 0 Å². The van der Waals surface area contributed by atoms with Crippen LogP contribution < -0.4 is 10.6 Å². The van der Waals surface area contributed by atoms with Gasteiger partial charge in [0.2, 0.25) is 0 Å². The molecule has 44 heavy (non-hydrogen) atoms. The van der Waals surface area contributed by atoms with Crippen LogP contribution in [-0.4, -0.2) is 38.0 Å². The molecule has 0 aliphatic rings. The minimum atomic E-state index is -1.58. The van der Waals surface area contributed by atoms with Gasteiger partial charge in [-0.15, -0.1) is 0 Å². The molecule has 0 bridgehead atoms. The Balaban J connectivity index is 0.000000241. The van der Waals surface area contributed by atoms with Crippen molar-refractivity contribution in [2.75, 3.05) is 11.9 Å². The maximum absolute atomic E-state index is 9.19. The Morgan fingerprint density at radius 1 is 0.727 bits per heavy atom. The van der Waals surface area contributed by atoms with Crippen molar-refractivity contribution in [3.05, 3.63) is 69.1 Å². The summed E-state index contributed by atoms with van der Waals surface area (Å²) in [5, 5.41) is 28.3. The lowest BCUT2D eigenvalue weighted by molar-refractivity contribution is 0.966. The SMILES string of the molecule is CC[Si](CC)(CC)c1[nH]c2ccc(C#N)cc2c1CCBr.CC[Si](CC)(CC)c1[nH]c2ccc(C#N)cc2c1CCN=[N+]=[N-]. The van der Waals surface area contributed by atoms with Gasteiger partial charge in [0.05, 0.1) is 23.3 Å². The standard InChI is InChI=1S/C17H23BrN2Si.C17H23N5Si/c1-4-21(5-2,6-3)17-14(9-10-18)15-11-13(12-19)7-8-16(15)20-17;1-4-23(5-2,6-3)17-14(9-10-20-22-19)15-11-13(12-18)7-8-16(15)21-17/h7-8,11,20H,4-6,9-10H2,1-3H3;7-8,11,21H,4-6,9-10H2,1-3H3. The van der Waals surface area contributed by atoms with Gasteiger partial charge in [-0.2, -0.15) is 10.5 Å². The van der Waals surface area contributed by atoms with Crippen LogP contribution in [0.1, 0.15) is 63.8 Å². The number of alkyl halides is 1. The van der Waals surface area contributed by atoms with Crippen molar-refractivity contribution in [3.63, 3.8) is 0 Å². The Bertz CT molecular complexity index is 1680. The Hall–Kier alpha value is -3.28. The van der Waals surface area contributed by atoms with Crippen LogP contribution in [0.5, 0.6) is 0 Å². The number of hydrogen-bond donors (Lipinski definition) is 2. The number of aromatic nitrogens is 2. The van der Waals surface area contributed by atoms with Crippen molar-refractivity contribution in [2.45, 2.75) is 90.6 Å². The Morgan fingerprint density at radius 2 is 1.14 bits per heavy atom. The Morgan fingerprint density at radius 3 is 1.48 bits per heavy atom. The van der Waals surface area contributed by atoms with Crippen LogP contribution in [0.4, 0.5) is 0 Å². The molecule has 0 aliphatic carbocycles. The van der Waals surface area contributed by atoms with Crippen LogP contribution in [-0.2, 0) is 12.8 Å². The molecule has 10 heteroatoms. The fraction of sp³-hybridized carbons (Fsp3) is 0.471. The van der Waals surface area contributed by atoms with E-state index < -0.39 is 16.1 Å². The highest BCUT2D eigenvalue weighted by molar-refractivity contribution is 9.09. The summed E-state index contributed by atoms with van der Waals surface area (Å²) < 4.78 is 0. The summed E-state index contributed by atoms with van der Waals surface area (Å²) in [6.07, 6.45) is 1.75. The van der Waals surface area contributed by atoms with E-state index in [9.17, 15) is 5.26 Å². The van der Waals surface area contributed by atoms with Crippen LogP contribution in [0.3, 0.4) is 0 Å². The molecule has 0 unspecified atom stereocenters. The Labute approximate surface area is 272 Å². The van der Waals surface area contributed by atoms with Gasteiger partial charge in [-0.05, 0) is 65.9 Å². The summed E-state index contributed by atoms with van der Waals surface area (Å²) in [5.41, 5.74) is 15.0. The topological polar surface area (TPSA) is 128 Å².